The zero-order chi connectivity index (χ0) is 28.8. The van der Waals surface area contributed by atoms with Crippen LogP contribution in [0.5, 0.6) is 17.2 Å². The maximum Gasteiger partial charge on any atom is 0.338 e. The topological polar surface area (TPSA) is 112 Å². The number of esters is 1. The predicted octanol–water partition coefficient (Wildman–Crippen LogP) is 3.89. The molecule has 40 heavy (non-hydrogen) atoms. The number of carbonyl (C=O) groups excluding carboxylic acids is 1. The molecule has 1 aliphatic rings. The lowest BCUT2D eigenvalue weighted by Crippen LogP contribution is -2.40. The van der Waals surface area contributed by atoms with E-state index in [1.807, 2.05) is 51.1 Å². The van der Waals surface area contributed by atoms with Crippen molar-refractivity contribution in [3.05, 3.63) is 84.5 Å². The van der Waals surface area contributed by atoms with E-state index in [2.05, 4.69) is 4.99 Å². The Hall–Kier alpha value is -4.36. The third-order valence-corrected chi connectivity index (χ3v) is 6.93. The third-order valence-electron chi connectivity index (χ3n) is 5.95. The Labute approximate surface area is 236 Å². The molecule has 3 aromatic rings. The maximum absolute atomic E-state index is 14.0. The highest BCUT2D eigenvalue weighted by molar-refractivity contribution is 7.07. The van der Waals surface area contributed by atoms with Gasteiger partial charge in [-0.3, -0.25) is 9.36 Å². The molecular weight excluding hydrogens is 530 g/mol. The number of fused-ring (bicyclic) bond motifs is 1. The maximum atomic E-state index is 14.0. The first-order valence-corrected chi connectivity index (χ1v) is 13.8. The number of hydrogen-bond donors (Lipinski definition) is 0. The normalized spacial score (nSPS) is 14.8. The van der Waals surface area contributed by atoms with E-state index >= 15 is 0 Å². The Morgan fingerprint density at radius 3 is 2.60 bits per heavy atom. The van der Waals surface area contributed by atoms with Gasteiger partial charge >= 0.3 is 5.97 Å². The first-order valence-electron chi connectivity index (χ1n) is 13.0. The Bertz CT molecular complexity index is 1660. The zero-order valence-electron chi connectivity index (χ0n) is 23.1. The highest BCUT2D eigenvalue weighted by Crippen LogP contribution is 2.36. The van der Waals surface area contributed by atoms with Crippen LogP contribution < -0.4 is 29.1 Å². The summed E-state index contributed by atoms with van der Waals surface area (Å²) in [6, 6.07) is 13.8. The summed E-state index contributed by atoms with van der Waals surface area (Å²) in [5.74, 6) is 0.954. The van der Waals surface area contributed by atoms with Gasteiger partial charge in [0, 0.05) is 5.56 Å². The van der Waals surface area contributed by atoms with Crippen LogP contribution in [0.3, 0.4) is 0 Å². The summed E-state index contributed by atoms with van der Waals surface area (Å²) < 4.78 is 24.6. The average molecular weight is 562 g/mol. The summed E-state index contributed by atoms with van der Waals surface area (Å²) in [4.78, 5) is 32.3. The van der Waals surface area contributed by atoms with Crippen LogP contribution in [0.1, 0.15) is 51.8 Å². The first-order chi connectivity index (χ1) is 19.3. The van der Waals surface area contributed by atoms with Gasteiger partial charge in [-0.15, -0.1) is 0 Å². The molecule has 0 N–H and O–H groups in total. The Morgan fingerprint density at radius 1 is 1.12 bits per heavy atom. The molecule has 0 saturated carbocycles. The van der Waals surface area contributed by atoms with Gasteiger partial charge < -0.3 is 18.9 Å². The van der Waals surface area contributed by atoms with Gasteiger partial charge in [0.15, 0.2) is 22.9 Å². The minimum absolute atomic E-state index is 0.109. The minimum Gasteiger partial charge on any atom is -0.491 e. The van der Waals surface area contributed by atoms with E-state index in [0.29, 0.717) is 55.6 Å². The van der Waals surface area contributed by atoms with Crippen LogP contribution in [0.15, 0.2) is 63.5 Å². The molecule has 1 atom stereocenters. The van der Waals surface area contributed by atoms with Crippen molar-refractivity contribution in [2.45, 2.75) is 46.8 Å². The number of thiazole rings is 1. The fraction of sp³-hybridized carbons (Fsp3) is 0.333. The second kappa shape index (κ2) is 12.7. The summed E-state index contributed by atoms with van der Waals surface area (Å²) >= 11 is 1.23. The summed E-state index contributed by atoms with van der Waals surface area (Å²) in [7, 11) is 0. The van der Waals surface area contributed by atoms with Crippen LogP contribution in [-0.2, 0) is 9.53 Å². The molecule has 2 aromatic carbocycles. The smallest absolute Gasteiger partial charge is 0.338 e. The molecule has 0 radical (unpaired) electrons. The number of aromatic nitrogens is 1. The standard InChI is InChI=1S/C30H31N3O6S/c1-6-36-24-16-20(12-13-23(24)38-15-14-31)17-25-28(34)33-27(21-10-8-9-11-22(21)39-18(3)4)26(29(35)37-7-2)19(5)32-30(33)40-25/h8-13,16-18,27H,6-7,15H2,1-5H3/b25-17+/t27-/m1/s1. The lowest BCUT2D eigenvalue weighted by atomic mass is 9.95. The van der Waals surface area contributed by atoms with Gasteiger partial charge in [-0.1, -0.05) is 35.6 Å². The number of hydrogen-bond acceptors (Lipinski definition) is 9. The fourth-order valence-corrected chi connectivity index (χ4v) is 5.46. The number of carbonyl (C=O) groups is 1. The molecule has 1 aromatic heterocycles. The third kappa shape index (κ3) is 5.95. The Morgan fingerprint density at radius 2 is 1.90 bits per heavy atom. The Kier molecular flexibility index (Phi) is 9.07. The first kappa shape index (κ1) is 28.6. The van der Waals surface area contributed by atoms with Crippen molar-refractivity contribution < 1.29 is 23.7 Å². The van der Waals surface area contributed by atoms with Crippen molar-refractivity contribution in [1.82, 2.24) is 4.57 Å². The Balaban J connectivity index is 1.91. The molecule has 0 spiro atoms. The average Bonchev–Trinajstić information content (AvgIpc) is 3.22. The van der Waals surface area contributed by atoms with Crippen molar-refractivity contribution in [1.29, 1.82) is 5.26 Å². The van der Waals surface area contributed by atoms with Crippen molar-refractivity contribution >= 4 is 23.4 Å². The molecule has 0 fully saturated rings. The molecule has 1 aliphatic heterocycles. The molecule has 0 saturated heterocycles. The highest BCUT2D eigenvalue weighted by Gasteiger charge is 2.35. The largest absolute Gasteiger partial charge is 0.491 e. The van der Waals surface area contributed by atoms with Crippen LogP contribution in [-0.4, -0.2) is 36.5 Å². The molecular formula is C30H31N3O6S. The number of ether oxygens (including phenoxy) is 4. The van der Waals surface area contributed by atoms with E-state index in [4.69, 9.17) is 24.2 Å². The number of benzene rings is 2. The van der Waals surface area contributed by atoms with E-state index in [1.54, 1.807) is 38.1 Å². The lowest BCUT2D eigenvalue weighted by molar-refractivity contribution is -0.139. The fourth-order valence-electron chi connectivity index (χ4n) is 4.42. The van der Waals surface area contributed by atoms with Crippen LogP contribution >= 0.6 is 11.3 Å². The zero-order valence-corrected chi connectivity index (χ0v) is 23.9. The molecule has 208 valence electrons. The van der Waals surface area contributed by atoms with Gasteiger partial charge in [-0.2, -0.15) is 5.26 Å². The molecule has 4 rings (SSSR count). The molecule has 0 amide bonds. The minimum atomic E-state index is -0.784. The van der Waals surface area contributed by atoms with E-state index in [1.165, 1.54) is 15.9 Å². The summed E-state index contributed by atoms with van der Waals surface area (Å²) in [5.41, 5.74) is 1.84. The summed E-state index contributed by atoms with van der Waals surface area (Å²) in [6.07, 6.45) is 1.63. The monoisotopic (exact) mass is 561 g/mol. The van der Waals surface area contributed by atoms with Gasteiger partial charge in [-0.25, -0.2) is 9.79 Å². The van der Waals surface area contributed by atoms with Crippen molar-refractivity contribution in [3.8, 4) is 23.3 Å². The number of nitrogens with zero attached hydrogens (tertiary/aromatic N) is 3. The molecule has 0 aliphatic carbocycles. The number of rotatable bonds is 10. The van der Waals surface area contributed by atoms with Gasteiger partial charge in [0.2, 0.25) is 0 Å². The lowest BCUT2D eigenvalue weighted by Gasteiger charge is -2.26. The van der Waals surface area contributed by atoms with Gasteiger partial charge in [0.1, 0.15) is 17.9 Å². The van der Waals surface area contributed by atoms with E-state index in [0.717, 1.165) is 0 Å². The highest BCUT2D eigenvalue weighted by atomic mass is 32.1. The number of allylic oxidation sites excluding steroid dienone is 1. The van der Waals surface area contributed by atoms with Gasteiger partial charge in [0.25, 0.3) is 5.56 Å². The summed E-state index contributed by atoms with van der Waals surface area (Å²) in [6.45, 7) is 9.66. The van der Waals surface area contributed by atoms with Crippen LogP contribution in [0.4, 0.5) is 0 Å². The van der Waals surface area contributed by atoms with E-state index < -0.39 is 12.0 Å². The van der Waals surface area contributed by atoms with E-state index in [-0.39, 0.29) is 24.9 Å². The molecule has 9 nitrogen and oxygen atoms in total. The molecule has 0 bridgehead atoms. The van der Waals surface area contributed by atoms with Crippen LogP contribution in [0.25, 0.3) is 6.08 Å². The second-order valence-electron chi connectivity index (χ2n) is 9.09. The second-order valence-corrected chi connectivity index (χ2v) is 10.1. The SMILES string of the molecule is CCOC(=O)C1=C(C)N=c2s/c(=C/c3ccc(OCC#N)c(OCC)c3)c(=O)n2[C@@H]1c1ccccc1OC(C)C. The number of para-hydroxylation sites is 1. The summed E-state index contributed by atoms with van der Waals surface area (Å²) in [5, 5.41) is 8.87. The quantitative estimate of drug-likeness (QED) is 0.345. The van der Waals surface area contributed by atoms with Crippen molar-refractivity contribution in [2.75, 3.05) is 19.8 Å². The van der Waals surface area contributed by atoms with Crippen molar-refractivity contribution in [3.63, 3.8) is 0 Å². The molecule has 10 heteroatoms. The predicted molar refractivity (Wildman–Crippen MR) is 151 cm³/mol. The number of nitriles is 1. The van der Waals surface area contributed by atoms with Gasteiger partial charge in [0.05, 0.1) is 35.1 Å². The van der Waals surface area contributed by atoms with Crippen LogP contribution in [0.2, 0.25) is 0 Å². The van der Waals surface area contributed by atoms with Gasteiger partial charge in [-0.05, 0) is 64.5 Å². The van der Waals surface area contributed by atoms with E-state index in [9.17, 15) is 9.59 Å². The van der Waals surface area contributed by atoms with Crippen LogP contribution in [0, 0.1) is 11.3 Å². The molecule has 0 unspecified atom stereocenters. The molecule has 2 heterocycles. The van der Waals surface area contributed by atoms with Crippen molar-refractivity contribution in [2.24, 2.45) is 4.99 Å².